The van der Waals surface area contributed by atoms with E-state index in [4.69, 9.17) is 0 Å². The predicted molar refractivity (Wildman–Crippen MR) is 71.6 cm³/mol. The lowest BCUT2D eigenvalue weighted by Crippen LogP contribution is -2.23. The molecule has 0 N–H and O–H groups in total. The van der Waals surface area contributed by atoms with Gasteiger partial charge in [0.05, 0.1) is 11.1 Å². The van der Waals surface area contributed by atoms with E-state index in [0.717, 1.165) is 12.8 Å². The second-order valence-electron chi connectivity index (χ2n) is 5.94. The molecule has 0 amide bonds. The van der Waals surface area contributed by atoms with Crippen molar-refractivity contribution < 1.29 is 22.4 Å². The van der Waals surface area contributed by atoms with Gasteiger partial charge in [0.2, 0.25) is 0 Å². The Bertz CT molecular complexity index is 540. The Morgan fingerprint density at radius 3 is 2.24 bits per heavy atom. The van der Waals surface area contributed by atoms with Crippen molar-refractivity contribution >= 4 is 5.78 Å². The molecule has 5 heteroatoms. The van der Waals surface area contributed by atoms with Gasteiger partial charge in [-0.3, -0.25) is 4.79 Å². The van der Waals surface area contributed by atoms with E-state index in [0.29, 0.717) is 18.8 Å². The van der Waals surface area contributed by atoms with Gasteiger partial charge in [-0.25, -0.2) is 4.39 Å². The fraction of sp³-hybridized carbons (Fsp3) is 0.562. The van der Waals surface area contributed by atoms with Gasteiger partial charge in [0.25, 0.3) is 0 Å². The molecular formula is C16H18F4O. The van der Waals surface area contributed by atoms with E-state index >= 15 is 0 Å². The van der Waals surface area contributed by atoms with Gasteiger partial charge in [-0.1, -0.05) is 25.8 Å². The number of hydrogen-bond donors (Lipinski definition) is 0. The third kappa shape index (κ3) is 3.27. The van der Waals surface area contributed by atoms with E-state index in [9.17, 15) is 22.4 Å². The highest BCUT2D eigenvalue weighted by Crippen LogP contribution is 2.37. The maximum absolute atomic E-state index is 14.2. The number of benzene rings is 1. The zero-order valence-corrected chi connectivity index (χ0v) is 12.1. The van der Waals surface area contributed by atoms with Crippen molar-refractivity contribution in [2.45, 2.75) is 45.7 Å². The lowest BCUT2D eigenvalue weighted by Gasteiger charge is -2.25. The third-order valence-corrected chi connectivity index (χ3v) is 4.29. The van der Waals surface area contributed by atoms with Gasteiger partial charge in [0, 0.05) is 5.92 Å². The molecule has 0 aliphatic heterocycles. The molecule has 1 aromatic carbocycles. The van der Waals surface area contributed by atoms with Gasteiger partial charge in [-0.15, -0.1) is 0 Å². The van der Waals surface area contributed by atoms with Gasteiger partial charge in [0.1, 0.15) is 5.82 Å². The highest BCUT2D eigenvalue weighted by Gasteiger charge is 2.38. The maximum atomic E-state index is 14.2. The average Bonchev–Trinajstić information content (AvgIpc) is 2.37. The van der Waals surface area contributed by atoms with E-state index in [1.165, 1.54) is 19.1 Å². The molecule has 21 heavy (non-hydrogen) atoms. The SMILES string of the molecule is Cc1ccc(C(=O)C2CCC(C)CC2)c(F)c1C(F)(F)F. The summed E-state index contributed by atoms with van der Waals surface area (Å²) in [6.07, 6.45) is -1.83. The van der Waals surface area contributed by atoms with E-state index in [-0.39, 0.29) is 11.5 Å². The first kappa shape index (κ1) is 16.0. The molecule has 0 heterocycles. The third-order valence-electron chi connectivity index (χ3n) is 4.29. The summed E-state index contributed by atoms with van der Waals surface area (Å²) in [5.41, 5.74) is -1.95. The Morgan fingerprint density at radius 1 is 1.14 bits per heavy atom. The summed E-state index contributed by atoms with van der Waals surface area (Å²) in [4.78, 5) is 12.3. The molecule has 0 unspecified atom stereocenters. The maximum Gasteiger partial charge on any atom is 0.419 e. The minimum atomic E-state index is -4.79. The smallest absolute Gasteiger partial charge is 0.294 e. The Kier molecular flexibility index (Phi) is 4.40. The van der Waals surface area contributed by atoms with Gasteiger partial charge < -0.3 is 0 Å². The summed E-state index contributed by atoms with van der Waals surface area (Å²) in [6, 6.07) is 2.35. The van der Waals surface area contributed by atoms with E-state index in [1.807, 2.05) is 0 Å². The number of hydrogen-bond acceptors (Lipinski definition) is 1. The van der Waals surface area contributed by atoms with Gasteiger partial charge >= 0.3 is 6.18 Å². The van der Waals surface area contributed by atoms with Crippen LogP contribution in [0.25, 0.3) is 0 Å². The molecule has 0 aromatic heterocycles. The largest absolute Gasteiger partial charge is 0.419 e. The summed E-state index contributed by atoms with van der Waals surface area (Å²) in [7, 11) is 0. The van der Waals surface area contributed by atoms with Gasteiger partial charge in [-0.2, -0.15) is 13.2 Å². The molecule has 116 valence electrons. The van der Waals surface area contributed by atoms with Crippen LogP contribution in [0.15, 0.2) is 12.1 Å². The zero-order chi connectivity index (χ0) is 15.8. The van der Waals surface area contributed by atoms with Crippen molar-refractivity contribution in [1.29, 1.82) is 0 Å². The van der Waals surface area contributed by atoms with Crippen LogP contribution in [0.5, 0.6) is 0 Å². The summed E-state index contributed by atoms with van der Waals surface area (Å²) in [6.45, 7) is 3.28. The van der Waals surface area contributed by atoms with Crippen molar-refractivity contribution in [2.24, 2.45) is 11.8 Å². The Morgan fingerprint density at radius 2 is 1.71 bits per heavy atom. The molecular weight excluding hydrogens is 284 g/mol. The minimum Gasteiger partial charge on any atom is -0.294 e. The Labute approximate surface area is 121 Å². The summed E-state index contributed by atoms with van der Waals surface area (Å²) in [5.74, 6) is -1.77. The number of carbonyl (C=O) groups is 1. The lowest BCUT2D eigenvalue weighted by atomic mass is 9.79. The first-order valence-corrected chi connectivity index (χ1v) is 7.12. The van der Waals surface area contributed by atoms with Crippen LogP contribution in [0.4, 0.5) is 17.6 Å². The predicted octanol–water partition coefficient (Wildman–Crippen LogP) is 5.16. The molecule has 0 radical (unpaired) electrons. The van der Waals surface area contributed by atoms with E-state index in [1.54, 1.807) is 0 Å². The van der Waals surface area contributed by atoms with Gasteiger partial charge in [-0.05, 0) is 37.3 Å². The first-order chi connectivity index (χ1) is 9.71. The number of aryl methyl sites for hydroxylation is 1. The number of alkyl halides is 3. The molecule has 1 fully saturated rings. The van der Waals surface area contributed by atoms with Crippen LogP contribution in [0, 0.1) is 24.6 Å². The molecule has 1 aliphatic carbocycles. The standard InChI is InChI=1S/C16H18F4O/c1-9-3-6-11(7-4-9)15(21)12-8-5-10(2)13(14(12)17)16(18,19)20/h5,8-9,11H,3-4,6-7H2,1-2H3. The number of carbonyl (C=O) groups excluding carboxylic acids is 1. The number of Topliss-reactive ketones (excluding diaryl/α,β-unsaturated/α-hetero) is 1. The zero-order valence-electron chi connectivity index (χ0n) is 12.1. The quantitative estimate of drug-likeness (QED) is 0.544. The van der Waals surface area contributed by atoms with Crippen LogP contribution in [0.1, 0.15) is 54.1 Å². The normalized spacial score (nSPS) is 23.1. The Balaban J connectivity index is 2.34. The van der Waals surface area contributed by atoms with Crippen LogP contribution < -0.4 is 0 Å². The monoisotopic (exact) mass is 302 g/mol. The molecule has 0 atom stereocenters. The first-order valence-electron chi connectivity index (χ1n) is 7.12. The fourth-order valence-corrected chi connectivity index (χ4v) is 2.95. The number of rotatable bonds is 2. The lowest BCUT2D eigenvalue weighted by molar-refractivity contribution is -0.140. The van der Waals surface area contributed by atoms with Crippen molar-refractivity contribution in [3.63, 3.8) is 0 Å². The van der Waals surface area contributed by atoms with Crippen LogP contribution in [-0.2, 0) is 6.18 Å². The van der Waals surface area contributed by atoms with Crippen LogP contribution in [-0.4, -0.2) is 5.78 Å². The average molecular weight is 302 g/mol. The van der Waals surface area contributed by atoms with E-state index in [2.05, 4.69) is 6.92 Å². The molecule has 1 aliphatic rings. The molecule has 0 bridgehead atoms. The number of ketones is 1. The summed E-state index contributed by atoms with van der Waals surface area (Å²) < 4.78 is 52.9. The van der Waals surface area contributed by atoms with Crippen molar-refractivity contribution in [1.82, 2.24) is 0 Å². The molecule has 1 saturated carbocycles. The van der Waals surface area contributed by atoms with E-state index < -0.39 is 28.9 Å². The fourth-order valence-electron chi connectivity index (χ4n) is 2.95. The molecule has 1 nitrogen and oxygen atoms in total. The molecule has 1 aromatic rings. The second kappa shape index (κ2) is 5.78. The number of halogens is 4. The Hall–Kier alpha value is -1.39. The summed E-state index contributed by atoms with van der Waals surface area (Å²) in [5, 5.41) is 0. The highest BCUT2D eigenvalue weighted by atomic mass is 19.4. The molecule has 2 rings (SSSR count). The summed E-state index contributed by atoms with van der Waals surface area (Å²) >= 11 is 0. The highest BCUT2D eigenvalue weighted by molar-refractivity contribution is 5.98. The van der Waals surface area contributed by atoms with Crippen LogP contribution >= 0.6 is 0 Å². The second-order valence-corrected chi connectivity index (χ2v) is 5.94. The topological polar surface area (TPSA) is 17.1 Å². The van der Waals surface area contributed by atoms with Gasteiger partial charge in [0.15, 0.2) is 5.78 Å². The van der Waals surface area contributed by atoms with Crippen molar-refractivity contribution in [3.05, 3.63) is 34.6 Å². The molecule has 0 saturated heterocycles. The minimum absolute atomic E-state index is 0.200. The van der Waals surface area contributed by atoms with Crippen LogP contribution in [0.2, 0.25) is 0 Å². The van der Waals surface area contributed by atoms with Crippen molar-refractivity contribution in [2.75, 3.05) is 0 Å². The molecule has 0 spiro atoms. The van der Waals surface area contributed by atoms with Crippen LogP contribution in [0.3, 0.4) is 0 Å². The van der Waals surface area contributed by atoms with Crippen molar-refractivity contribution in [3.8, 4) is 0 Å².